The minimum atomic E-state index is -3.27. The summed E-state index contributed by atoms with van der Waals surface area (Å²) in [5.41, 5.74) is 6.42. The van der Waals surface area contributed by atoms with Gasteiger partial charge in [-0.05, 0) is 37.8 Å². The van der Waals surface area contributed by atoms with Crippen LogP contribution < -0.4 is 11.1 Å². The number of nitrogens with one attached hydrogen (secondary N) is 1. The van der Waals surface area contributed by atoms with E-state index in [9.17, 15) is 13.2 Å². The monoisotopic (exact) mass is 433 g/mol. The number of nitrogens with zero attached hydrogens (tertiary/aromatic N) is 3. The molecule has 0 radical (unpaired) electrons. The van der Waals surface area contributed by atoms with Crippen molar-refractivity contribution in [2.24, 2.45) is 10.8 Å². The SMILES string of the molecule is NCc1cnc(NC(=O)/C(=N/N2CCCC2)c2ccc(S(=O)(=O)C3CC3)cc2)s1. The minimum absolute atomic E-state index is 0.242. The molecule has 1 aliphatic carbocycles. The highest BCUT2D eigenvalue weighted by atomic mass is 32.2. The number of sulfone groups is 1. The molecule has 2 fully saturated rings. The smallest absolute Gasteiger partial charge is 0.278 e. The maximum atomic E-state index is 12.9. The second-order valence-corrected chi connectivity index (χ2v) is 10.5. The van der Waals surface area contributed by atoms with Crippen molar-refractivity contribution in [3.63, 3.8) is 0 Å². The molecule has 29 heavy (non-hydrogen) atoms. The van der Waals surface area contributed by atoms with Crippen LogP contribution in [0.2, 0.25) is 0 Å². The van der Waals surface area contributed by atoms with Crippen LogP contribution in [0.15, 0.2) is 40.5 Å². The second kappa shape index (κ2) is 8.21. The van der Waals surface area contributed by atoms with Gasteiger partial charge in [-0.3, -0.25) is 15.1 Å². The van der Waals surface area contributed by atoms with Crippen LogP contribution in [0.5, 0.6) is 0 Å². The highest BCUT2D eigenvalue weighted by molar-refractivity contribution is 7.92. The fourth-order valence-corrected chi connectivity index (χ4v) is 5.51. The van der Waals surface area contributed by atoms with Crippen LogP contribution in [-0.2, 0) is 21.2 Å². The van der Waals surface area contributed by atoms with E-state index in [4.69, 9.17) is 5.73 Å². The number of hydrogen-bond donors (Lipinski definition) is 2. The molecule has 2 aliphatic rings. The second-order valence-electron chi connectivity index (χ2n) is 7.17. The zero-order valence-corrected chi connectivity index (χ0v) is 17.5. The normalized spacial score (nSPS) is 17.6. The fraction of sp³-hybridized carbons (Fsp3) is 0.421. The molecule has 10 heteroatoms. The highest BCUT2D eigenvalue weighted by Crippen LogP contribution is 2.33. The molecule has 1 saturated heterocycles. The fourth-order valence-electron chi connectivity index (χ4n) is 3.17. The molecule has 1 amide bonds. The molecule has 4 rings (SSSR count). The number of hydrogen-bond acceptors (Lipinski definition) is 8. The van der Waals surface area contributed by atoms with Crippen molar-refractivity contribution in [3.8, 4) is 0 Å². The Labute approximate surface area is 173 Å². The Morgan fingerprint density at radius 2 is 1.93 bits per heavy atom. The highest BCUT2D eigenvalue weighted by Gasteiger charge is 2.36. The Balaban J connectivity index is 1.60. The number of thiazole rings is 1. The number of anilines is 1. The predicted molar refractivity (Wildman–Crippen MR) is 113 cm³/mol. The molecule has 1 aromatic carbocycles. The van der Waals surface area contributed by atoms with Crippen LogP contribution in [0, 0.1) is 0 Å². The number of rotatable bonds is 7. The van der Waals surface area contributed by atoms with Gasteiger partial charge in [0, 0.05) is 36.3 Å². The Morgan fingerprint density at radius 3 is 2.52 bits per heavy atom. The maximum Gasteiger partial charge on any atom is 0.278 e. The first-order valence-electron chi connectivity index (χ1n) is 9.61. The molecule has 154 valence electrons. The van der Waals surface area contributed by atoms with Crippen molar-refractivity contribution in [2.75, 3.05) is 18.4 Å². The number of hydrazone groups is 1. The van der Waals surface area contributed by atoms with E-state index < -0.39 is 9.84 Å². The number of amides is 1. The lowest BCUT2D eigenvalue weighted by atomic mass is 10.1. The zero-order chi connectivity index (χ0) is 20.4. The number of carbonyl (C=O) groups is 1. The van der Waals surface area contributed by atoms with E-state index in [1.807, 2.05) is 5.01 Å². The van der Waals surface area contributed by atoms with Crippen LogP contribution in [0.1, 0.15) is 36.1 Å². The minimum Gasteiger partial charge on any atom is -0.326 e. The van der Waals surface area contributed by atoms with Gasteiger partial charge in [0.2, 0.25) is 0 Å². The lowest BCUT2D eigenvalue weighted by Crippen LogP contribution is -2.27. The average molecular weight is 434 g/mol. The molecule has 0 atom stereocenters. The average Bonchev–Trinajstić information content (AvgIpc) is 3.29. The van der Waals surface area contributed by atoms with Gasteiger partial charge < -0.3 is 5.73 Å². The third-order valence-electron chi connectivity index (χ3n) is 4.93. The summed E-state index contributed by atoms with van der Waals surface area (Å²) < 4.78 is 24.9. The predicted octanol–water partition coefficient (Wildman–Crippen LogP) is 1.98. The van der Waals surface area contributed by atoms with Crippen molar-refractivity contribution in [3.05, 3.63) is 40.9 Å². The lowest BCUT2D eigenvalue weighted by Gasteiger charge is -2.14. The largest absolute Gasteiger partial charge is 0.326 e. The molecule has 2 heterocycles. The summed E-state index contributed by atoms with van der Waals surface area (Å²) in [6.07, 6.45) is 5.13. The topological polar surface area (TPSA) is 118 Å². The quantitative estimate of drug-likeness (QED) is 0.645. The first-order chi connectivity index (χ1) is 14.0. The van der Waals surface area contributed by atoms with E-state index in [0.29, 0.717) is 30.1 Å². The first-order valence-corrected chi connectivity index (χ1v) is 12.0. The molecule has 0 spiro atoms. The van der Waals surface area contributed by atoms with Gasteiger partial charge in [-0.25, -0.2) is 13.4 Å². The van der Waals surface area contributed by atoms with Crippen molar-refractivity contribution in [1.82, 2.24) is 9.99 Å². The van der Waals surface area contributed by atoms with Crippen molar-refractivity contribution < 1.29 is 13.2 Å². The van der Waals surface area contributed by atoms with Crippen LogP contribution >= 0.6 is 11.3 Å². The molecule has 1 saturated carbocycles. The number of benzene rings is 1. The van der Waals surface area contributed by atoms with Crippen LogP contribution in [0.3, 0.4) is 0 Å². The molecule has 0 bridgehead atoms. The molecule has 0 unspecified atom stereocenters. The number of aromatic nitrogens is 1. The summed E-state index contributed by atoms with van der Waals surface area (Å²) in [4.78, 5) is 18.3. The third-order valence-corrected chi connectivity index (χ3v) is 8.15. The van der Waals surface area contributed by atoms with Gasteiger partial charge in [0.15, 0.2) is 20.7 Å². The van der Waals surface area contributed by atoms with Gasteiger partial charge in [0.1, 0.15) is 0 Å². The Morgan fingerprint density at radius 1 is 1.24 bits per heavy atom. The van der Waals surface area contributed by atoms with E-state index in [0.717, 1.165) is 30.8 Å². The Hall–Kier alpha value is -2.30. The van der Waals surface area contributed by atoms with Crippen molar-refractivity contribution in [1.29, 1.82) is 0 Å². The summed E-state index contributed by atoms with van der Waals surface area (Å²) in [5.74, 6) is -0.382. The Bertz CT molecular complexity index is 1020. The van der Waals surface area contributed by atoms with Gasteiger partial charge >= 0.3 is 0 Å². The van der Waals surface area contributed by atoms with Crippen LogP contribution in [0.25, 0.3) is 0 Å². The number of carbonyl (C=O) groups excluding carboxylic acids is 1. The molecule has 2 aromatic rings. The van der Waals surface area contributed by atoms with Crippen molar-refractivity contribution in [2.45, 2.75) is 42.4 Å². The van der Waals surface area contributed by atoms with E-state index in [2.05, 4.69) is 15.4 Å². The van der Waals surface area contributed by atoms with Gasteiger partial charge in [0.25, 0.3) is 5.91 Å². The van der Waals surface area contributed by atoms with Crippen LogP contribution in [-0.4, -0.2) is 48.4 Å². The van der Waals surface area contributed by atoms with E-state index in [1.54, 1.807) is 30.5 Å². The molecular formula is C19H23N5O3S2. The summed E-state index contributed by atoms with van der Waals surface area (Å²) in [6.45, 7) is 1.94. The summed E-state index contributed by atoms with van der Waals surface area (Å²) in [7, 11) is -3.27. The van der Waals surface area contributed by atoms with Gasteiger partial charge in [-0.2, -0.15) is 5.10 Å². The van der Waals surface area contributed by atoms with E-state index in [1.165, 1.54) is 11.3 Å². The van der Waals surface area contributed by atoms with E-state index in [-0.39, 0.29) is 21.8 Å². The third kappa shape index (κ3) is 4.49. The Kier molecular flexibility index (Phi) is 5.66. The molecule has 1 aromatic heterocycles. The standard InChI is InChI=1S/C19H23N5O3S2/c20-11-14-12-21-19(28-14)22-18(25)17(23-24-9-1-2-10-24)13-3-5-15(6-4-13)29(26,27)16-7-8-16/h3-6,12,16H,1-2,7-11,20H2,(H,21,22,25)/b23-17+. The van der Waals surface area contributed by atoms with Crippen LogP contribution in [0.4, 0.5) is 5.13 Å². The summed E-state index contributed by atoms with van der Waals surface area (Å²) >= 11 is 1.32. The number of nitrogens with two attached hydrogens (primary N) is 1. The molecular weight excluding hydrogens is 410 g/mol. The molecule has 8 nitrogen and oxygen atoms in total. The van der Waals surface area contributed by atoms with Gasteiger partial charge in [-0.15, -0.1) is 11.3 Å². The zero-order valence-electron chi connectivity index (χ0n) is 15.9. The van der Waals surface area contributed by atoms with E-state index >= 15 is 0 Å². The first kappa shape index (κ1) is 20.0. The summed E-state index contributed by atoms with van der Waals surface area (Å²) in [5, 5.41) is 9.39. The molecule has 1 aliphatic heterocycles. The lowest BCUT2D eigenvalue weighted by molar-refractivity contribution is -0.110. The van der Waals surface area contributed by atoms with Gasteiger partial charge in [0.05, 0.1) is 10.1 Å². The van der Waals surface area contributed by atoms with Crippen molar-refractivity contribution >= 4 is 37.9 Å². The van der Waals surface area contributed by atoms with Gasteiger partial charge in [-0.1, -0.05) is 12.1 Å². The molecule has 3 N–H and O–H groups in total. The maximum absolute atomic E-state index is 12.9. The summed E-state index contributed by atoms with van der Waals surface area (Å²) in [6, 6.07) is 6.42.